The number of rotatable bonds is 2. The third-order valence-electron chi connectivity index (χ3n) is 3.13. The van der Waals surface area contributed by atoms with E-state index in [2.05, 4.69) is 29.8 Å². The van der Waals surface area contributed by atoms with Gasteiger partial charge >= 0.3 is 0 Å². The maximum atomic E-state index is 12.0. The van der Waals surface area contributed by atoms with E-state index in [0.717, 1.165) is 0 Å². The van der Waals surface area contributed by atoms with E-state index >= 15 is 0 Å². The van der Waals surface area contributed by atoms with Crippen molar-refractivity contribution in [3.63, 3.8) is 0 Å². The predicted molar refractivity (Wildman–Crippen MR) is 65.4 cm³/mol. The van der Waals surface area contributed by atoms with Gasteiger partial charge in [0, 0.05) is 13.0 Å². The molecule has 1 aromatic rings. The summed E-state index contributed by atoms with van der Waals surface area (Å²) in [6.45, 7) is 4.62. The van der Waals surface area contributed by atoms with Gasteiger partial charge in [-0.25, -0.2) is 0 Å². The molecule has 2 rings (SSSR count). The number of amides is 2. The standard InChI is InChI=1S/C12H14BrNO3/c1-7(2)8-5-11(15)14(6-8)12(16)9-3-4-10(13)17-9/h3-4,7-8H,5-6H2,1-2H3. The Morgan fingerprint density at radius 1 is 1.53 bits per heavy atom. The third kappa shape index (κ3) is 2.44. The zero-order valence-corrected chi connectivity index (χ0v) is 11.4. The predicted octanol–water partition coefficient (Wildman–Crippen LogP) is 2.69. The Morgan fingerprint density at radius 2 is 2.24 bits per heavy atom. The molecule has 2 heterocycles. The Kier molecular flexibility index (Phi) is 3.38. The van der Waals surface area contributed by atoms with Gasteiger partial charge in [0.15, 0.2) is 10.4 Å². The normalized spacial score (nSPS) is 20.4. The average Bonchev–Trinajstić information content (AvgIpc) is 2.84. The summed E-state index contributed by atoms with van der Waals surface area (Å²) in [7, 11) is 0. The first-order valence-corrected chi connectivity index (χ1v) is 6.38. The fraction of sp³-hybridized carbons (Fsp3) is 0.500. The van der Waals surface area contributed by atoms with Crippen LogP contribution < -0.4 is 0 Å². The molecule has 1 fully saturated rings. The van der Waals surface area contributed by atoms with Crippen LogP contribution in [0, 0.1) is 11.8 Å². The van der Waals surface area contributed by atoms with Gasteiger partial charge in [-0.2, -0.15) is 0 Å². The second-order valence-corrected chi connectivity index (χ2v) is 5.40. The number of nitrogens with zero attached hydrogens (tertiary/aromatic N) is 1. The SMILES string of the molecule is CC(C)C1CC(=O)N(C(=O)c2ccc(Br)o2)C1. The van der Waals surface area contributed by atoms with Crippen LogP contribution in [0.1, 0.15) is 30.8 Å². The highest BCUT2D eigenvalue weighted by molar-refractivity contribution is 9.10. The molecule has 2 amide bonds. The minimum Gasteiger partial charge on any atom is -0.444 e. The summed E-state index contributed by atoms with van der Waals surface area (Å²) in [4.78, 5) is 25.1. The maximum Gasteiger partial charge on any atom is 0.296 e. The fourth-order valence-corrected chi connectivity index (χ4v) is 2.25. The lowest BCUT2D eigenvalue weighted by molar-refractivity contribution is -0.125. The number of furan rings is 1. The first kappa shape index (κ1) is 12.4. The van der Waals surface area contributed by atoms with Crippen LogP contribution in [0.25, 0.3) is 0 Å². The minimum atomic E-state index is -0.344. The fourth-order valence-electron chi connectivity index (χ4n) is 1.94. The van der Waals surface area contributed by atoms with Crippen molar-refractivity contribution in [1.82, 2.24) is 4.90 Å². The summed E-state index contributed by atoms with van der Waals surface area (Å²) in [5.41, 5.74) is 0. The summed E-state index contributed by atoms with van der Waals surface area (Å²) in [5, 5.41) is 0. The Balaban J connectivity index is 2.13. The quantitative estimate of drug-likeness (QED) is 0.789. The van der Waals surface area contributed by atoms with Crippen molar-refractivity contribution < 1.29 is 14.0 Å². The second kappa shape index (κ2) is 4.64. The molecule has 1 unspecified atom stereocenters. The van der Waals surface area contributed by atoms with Gasteiger partial charge in [0.05, 0.1) is 0 Å². The number of imide groups is 1. The van der Waals surface area contributed by atoms with Crippen molar-refractivity contribution in [3.8, 4) is 0 Å². The average molecular weight is 300 g/mol. The number of hydrogen-bond donors (Lipinski definition) is 0. The smallest absolute Gasteiger partial charge is 0.296 e. The molecule has 0 spiro atoms. The Labute approximate surface area is 108 Å². The highest BCUT2D eigenvalue weighted by atomic mass is 79.9. The van der Waals surface area contributed by atoms with E-state index in [9.17, 15) is 9.59 Å². The van der Waals surface area contributed by atoms with Gasteiger partial charge in [-0.3, -0.25) is 14.5 Å². The molecule has 4 nitrogen and oxygen atoms in total. The van der Waals surface area contributed by atoms with Crippen molar-refractivity contribution in [2.45, 2.75) is 20.3 Å². The highest BCUT2D eigenvalue weighted by Gasteiger charge is 2.36. The summed E-state index contributed by atoms with van der Waals surface area (Å²) >= 11 is 3.14. The van der Waals surface area contributed by atoms with E-state index in [1.807, 2.05) is 0 Å². The van der Waals surface area contributed by atoms with Crippen LogP contribution in [-0.4, -0.2) is 23.3 Å². The van der Waals surface area contributed by atoms with Crippen molar-refractivity contribution in [2.24, 2.45) is 11.8 Å². The Hall–Kier alpha value is -1.10. The van der Waals surface area contributed by atoms with Crippen LogP contribution in [-0.2, 0) is 4.79 Å². The zero-order valence-electron chi connectivity index (χ0n) is 9.77. The first-order valence-electron chi connectivity index (χ1n) is 5.59. The molecular formula is C12H14BrNO3. The second-order valence-electron chi connectivity index (χ2n) is 4.62. The summed E-state index contributed by atoms with van der Waals surface area (Å²) in [6, 6.07) is 3.22. The van der Waals surface area contributed by atoms with Crippen LogP contribution >= 0.6 is 15.9 Å². The van der Waals surface area contributed by atoms with Gasteiger partial charge in [0.25, 0.3) is 5.91 Å². The van der Waals surface area contributed by atoms with E-state index in [-0.39, 0.29) is 23.5 Å². The lowest BCUT2D eigenvalue weighted by Gasteiger charge is -2.15. The number of likely N-dealkylation sites (tertiary alicyclic amines) is 1. The molecule has 0 radical (unpaired) electrons. The molecule has 5 heteroatoms. The molecule has 1 saturated heterocycles. The maximum absolute atomic E-state index is 12.0. The molecule has 0 aliphatic carbocycles. The van der Waals surface area contributed by atoms with Gasteiger partial charge in [0.1, 0.15) is 0 Å². The van der Waals surface area contributed by atoms with Gasteiger partial charge < -0.3 is 4.42 Å². The van der Waals surface area contributed by atoms with E-state index in [1.165, 1.54) is 4.90 Å². The molecule has 1 aromatic heterocycles. The highest BCUT2D eigenvalue weighted by Crippen LogP contribution is 2.26. The molecule has 1 atom stereocenters. The van der Waals surface area contributed by atoms with E-state index < -0.39 is 0 Å². The molecule has 1 aliphatic heterocycles. The number of carbonyl (C=O) groups is 2. The topological polar surface area (TPSA) is 50.5 Å². The van der Waals surface area contributed by atoms with Crippen molar-refractivity contribution in [3.05, 3.63) is 22.6 Å². The molecule has 1 aliphatic rings. The number of halogens is 1. The van der Waals surface area contributed by atoms with Crippen molar-refractivity contribution in [1.29, 1.82) is 0 Å². The van der Waals surface area contributed by atoms with Crippen LogP contribution in [0.4, 0.5) is 0 Å². The Morgan fingerprint density at radius 3 is 2.71 bits per heavy atom. The molecule has 0 N–H and O–H groups in total. The lowest BCUT2D eigenvalue weighted by atomic mass is 9.95. The largest absolute Gasteiger partial charge is 0.444 e. The van der Waals surface area contributed by atoms with Crippen LogP contribution in [0.2, 0.25) is 0 Å². The summed E-state index contributed by atoms with van der Waals surface area (Å²) in [6.07, 6.45) is 0.450. The van der Waals surface area contributed by atoms with Gasteiger partial charge in [0.2, 0.25) is 5.91 Å². The number of carbonyl (C=O) groups excluding carboxylic acids is 2. The number of hydrogen-bond acceptors (Lipinski definition) is 3. The van der Waals surface area contributed by atoms with E-state index in [4.69, 9.17) is 4.42 Å². The first-order chi connectivity index (χ1) is 7.99. The van der Waals surface area contributed by atoms with Crippen molar-refractivity contribution in [2.75, 3.05) is 6.54 Å². The summed E-state index contributed by atoms with van der Waals surface area (Å²) in [5.74, 6) is 0.407. The molecule has 92 valence electrons. The Bertz CT molecular complexity index is 452. The van der Waals surface area contributed by atoms with Gasteiger partial charge in [-0.1, -0.05) is 13.8 Å². The van der Waals surface area contributed by atoms with E-state index in [0.29, 0.717) is 23.6 Å². The zero-order chi connectivity index (χ0) is 12.6. The molecular weight excluding hydrogens is 286 g/mol. The lowest BCUT2D eigenvalue weighted by Crippen LogP contribution is -2.32. The molecule has 0 saturated carbocycles. The molecule has 0 bridgehead atoms. The van der Waals surface area contributed by atoms with E-state index in [1.54, 1.807) is 12.1 Å². The van der Waals surface area contributed by atoms with Crippen molar-refractivity contribution >= 4 is 27.7 Å². The van der Waals surface area contributed by atoms with Crippen LogP contribution in [0.15, 0.2) is 21.2 Å². The van der Waals surface area contributed by atoms with Gasteiger partial charge in [-0.15, -0.1) is 0 Å². The molecule has 0 aromatic carbocycles. The third-order valence-corrected chi connectivity index (χ3v) is 3.55. The molecule has 17 heavy (non-hydrogen) atoms. The monoisotopic (exact) mass is 299 g/mol. The summed E-state index contributed by atoms with van der Waals surface area (Å²) < 4.78 is 5.67. The van der Waals surface area contributed by atoms with Crippen LogP contribution in [0.5, 0.6) is 0 Å². The minimum absolute atomic E-state index is 0.110. The van der Waals surface area contributed by atoms with Gasteiger partial charge in [-0.05, 0) is 39.9 Å². The van der Waals surface area contributed by atoms with Crippen LogP contribution in [0.3, 0.4) is 0 Å².